The van der Waals surface area contributed by atoms with Crippen LogP contribution in [0.2, 0.25) is 0 Å². The van der Waals surface area contributed by atoms with E-state index >= 15 is 0 Å². The van der Waals surface area contributed by atoms with Gasteiger partial charge in [-0.25, -0.2) is 4.79 Å². The fourth-order valence-corrected chi connectivity index (χ4v) is 3.22. The van der Waals surface area contributed by atoms with Gasteiger partial charge in [0.15, 0.2) is 6.61 Å². The molecule has 1 fully saturated rings. The average molecular weight is 441 g/mol. The third kappa shape index (κ3) is 7.98. The lowest BCUT2D eigenvalue weighted by Crippen LogP contribution is -2.35. The van der Waals surface area contributed by atoms with Gasteiger partial charge < -0.3 is 19.5 Å². The number of ether oxygens (including phenoxy) is 3. The van der Waals surface area contributed by atoms with Crippen molar-refractivity contribution in [3.8, 4) is 5.75 Å². The zero-order chi connectivity index (χ0) is 22.8. The van der Waals surface area contributed by atoms with E-state index in [-0.39, 0.29) is 12.5 Å². The van der Waals surface area contributed by atoms with Gasteiger partial charge in [0.2, 0.25) is 0 Å². The van der Waals surface area contributed by atoms with Gasteiger partial charge in [0, 0.05) is 25.3 Å². The highest BCUT2D eigenvalue weighted by Gasteiger charge is 2.12. The number of nitrogens with one attached hydrogen (secondary N) is 1. The number of benzene rings is 2. The van der Waals surface area contributed by atoms with E-state index in [1.54, 1.807) is 24.3 Å². The van der Waals surface area contributed by atoms with Gasteiger partial charge in [0.1, 0.15) is 5.75 Å². The Morgan fingerprint density at radius 1 is 1.03 bits per heavy atom. The summed E-state index contributed by atoms with van der Waals surface area (Å²) in [6.07, 6.45) is 0.968. The van der Waals surface area contributed by atoms with Crippen LogP contribution in [-0.2, 0) is 20.8 Å². The van der Waals surface area contributed by atoms with Gasteiger partial charge in [-0.1, -0.05) is 26.0 Å². The summed E-state index contributed by atoms with van der Waals surface area (Å²) in [7, 11) is 0. The van der Waals surface area contributed by atoms with Crippen LogP contribution in [0.3, 0.4) is 0 Å². The summed E-state index contributed by atoms with van der Waals surface area (Å²) >= 11 is 0. The van der Waals surface area contributed by atoms with Crippen LogP contribution in [0.1, 0.15) is 36.2 Å². The first-order valence-electron chi connectivity index (χ1n) is 11.1. The molecule has 1 aliphatic heterocycles. The largest absolute Gasteiger partial charge is 0.494 e. The molecule has 0 spiro atoms. The fourth-order valence-electron chi connectivity index (χ4n) is 3.22. The second-order valence-corrected chi connectivity index (χ2v) is 8.27. The molecule has 2 aromatic rings. The molecule has 0 bridgehead atoms. The first-order valence-corrected chi connectivity index (χ1v) is 11.1. The van der Waals surface area contributed by atoms with Crippen LogP contribution in [0, 0.1) is 5.92 Å². The summed E-state index contributed by atoms with van der Waals surface area (Å²) in [6, 6.07) is 14.4. The quantitative estimate of drug-likeness (QED) is 0.567. The zero-order valence-electron chi connectivity index (χ0n) is 18.8. The highest BCUT2D eigenvalue weighted by Crippen LogP contribution is 2.15. The molecule has 0 atom stereocenters. The van der Waals surface area contributed by atoms with Crippen molar-refractivity contribution in [3.05, 3.63) is 59.7 Å². The second kappa shape index (κ2) is 12.2. The normalized spacial score (nSPS) is 14.2. The van der Waals surface area contributed by atoms with Crippen molar-refractivity contribution in [1.82, 2.24) is 4.90 Å². The summed E-state index contributed by atoms with van der Waals surface area (Å²) < 4.78 is 16.1. The zero-order valence-corrected chi connectivity index (χ0v) is 18.8. The predicted molar refractivity (Wildman–Crippen MR) is 123 cm³/mol. The van der Waals surface area contributed by atoms with E-state index in [1.807, 2.05) is 24.3 Å². The van der Waals surface area contributed by atoms with Gasteiger partial charge >= 0.3 is 5.97 Å². The Labute approximate surface area is 189 Å². The first kappa shape index (κ1) is 23.8. The lowest BCUT2D eigenvalue weighted by Gasteiger charge is -2.26. The monoisotopic (exact) mass is 440 g/mol. The van der Waals surface area contributed by atoms with E-state index in [1.165, 1.54) is 5.56 Å². The van der Waals surface area contributed by atoms with E-state index in [9.17, 15) is 9.59 Å². The van der Waals surface area contributed by atoms with Crippen molar-refractivity contribution in [3.63, 3.8) is 0 Å². The van der Waals surface area contributed by atoms with Crippen LogP contribution in [0.5, 0.6) is 5.75 Å². The van der Waals surface area contributed by atoms with Gasteiger partial charge in [-0.15, -0.1) is 0 Å². The maximum atomic E-state index is 12.2. The highest BCUT2D eigenvalue weighted by molar-refractivity contribution is 5.95. The number of esters is 1. The van der Waals surface area contributed by atoms with E-state index in [0.29, 0.717) is 29.5 Å². The number of nitrogens with zero attached hydrogens (tertiary/aromatic N) is 1. The van der Waals surface area contributed by atoms with Crippen molar-refractivity contribution in [2.24, 2.45) is 5.92 Å². The topological polar surface area (TPSA) is 77.1 Å². The molecule has 0 unspecified atom stereocenters. The third-order valence-corrected chi connectivity index (χ3v) is 5.14. The maximum Gasteiger partial charge on any atom is 0.338 e. The number of amides is 1. The Kier molecular flexibility index (Phi) is 9.07. The molecule has 172 valence electrons. The minimum atomic E-state index is -0.547. The molecule has 0 aliphatic carbocycles. The smallest absolute Gasteiger partial charge is 0.338 e. The number of morpholine rings is 1. The van der Waals surface area contributed by atoms with Gasteiger partial charge in [0.25, 0.3) is 5.91 Å². The maximum absolute atomic E-state index is 12.2. The fraction of sp³-hybridized carbons (Fsp3) is 0.440. The molecule has 0 saturated carbocycles. The first-order chi connectivity index (χ1) is 15.5. The Morgan fingerprint density at radius 3 is 2.38 bits per heavy atom. The molecule has 7 nitrogen and oxygen atoms in total. The lowest BCUT2D eigenvalue weighted by molar-refractivity contribution is -0.119. The summed E-state index contributed by atoms with van der Waals surface area (Å²) in [5.74, 6) is 0.350. The van der Waals surface area contributed by atoms with Crippen molar-refractivity contribution in [2.75, 3.05) is 44.8 Å². The van der Waals surface area contributed by atoms with Crippen molar-refractivity contribution in [2.45, 2.75) is 26.8 Å². The van der Waals surface area contributed by atoms with Gasteiger partial charge in [0.05, 0.1) is 25.4 Å². The van der Waals surface area contributed by atoms with Gasteiger partial charge in [-0.05, 0) is 54.3 Å². The number of carbonyl (C=O) groups is 2. The molecule has 0 radical (unpaired) electrons. The number of hydrogen-bond acceptors (Lipinski definition) is 6. The number of hydrogen-bond donors (Lipinski definition) is 1. The van der Waals surface area contributed by atoms with Crippen molar-refractivity contribution >= 4 is 17.6 Å². The average Bonchev–Trinajstić information content (AvgIpc) is 2.80. The summed E-state index contributed by atoms with van der Waals surface area (Å²) in [6.45, 7) is 8.82. The predicted octanol–water partition coefficient (Wildman–Crippen LogP) is 3.74. The number of anilines is 1. The molecule has 3 rings (SSSR count). The van der Waals surface area contributed by atoms with E-state index in [0.717, 1.165) is 39.3 Å². The molecule has 1 saturated heterocycles. The van der Waals surface area contributed by atoms with E-state index in [4.69, 9.17) is 14.2 Å². The summed E-state index contributed by atoms with van der Waals surface area (Å²) in [5.41, 5.74) is 2.22. The Morgan fingerprint density at radius 2 is 1.72 bits per heavy atom. The van der Waals surface area contributed by atoms with E-state index < -0.39 is 5.97 Å². The van der Waals surface area contributed by atoms with Crippen LogP contribution < -0.4 is 10.1 Å². The van der Waals surface area contributed by atoms with Crippen molar-refractivity contribution < 1.29 is 23.8 Å². The molecule has 1 aliphatic rings. The molecule has 1 N–H and O–H groups in total. The highest BCUT2D eigenvalue weighted by atomic mass is 16.5. The summed E-state index contributed by atoms with van der Waals surface area (Å²) in [4.78, 5) is 26.7. The standard InChI is InChI=1S/C25H32N2O5/c1-19(2)11-14-31-23-9-5-21(6-10-23)25(29)32-18-24(28)26-22-7-3-20(4-8-22)17-27-12-15-30-16-13-27/h3-10,19H,11-18H2,1-2H3,(H,26,28). The SMILES string of the molecule is CC(C)CCOc1ccc(C(=O)OCC(=O)Nc2ccc(CN3CCOCC3)cc2)cc1. The Hall–Kier alpha value is -2.90. The number of rotatable bonds is 10. The minimum absolute atomic E-state index is 0.346. The van der Waals surface area contributed by atoms with E-state index in [2.05, 4.69) is 24.1 Å². The van der Waals surface area contributed by atoms with Gasteiger partial charge in [-0.2, -0.15) is 0 Å². The van der Waals surface area contributed by atoms with Crippen LogP contribution in [0.4, 0.5) is 5.69 Å². The Balaban J connectivity index is 1.39. The third-order valence-electron chi connectivity index (χ3n) is 5.14. The van der Waals surface area contributed by atoms with Gasteiger partial charge in [-0.3, -0.25) is 9.69 Å². The molecule has 1 amide bonds. The molecule has 1 heterocycles. The molecular weight excluding hydrogens is 408 g/mol. The lowest BCUT2D eigenvalue weighted by atomic mass is 10.1. The molecule has 0 aromatic heterocycles. The second-order valence-electron chi connectivity index (χ2n) is 8.27. The number of carbonyl (C=O) groups excluding carboxylic acids is 2. The molecule has 32 heavy (non-hydrogen) atoms. The molecule has 2 aromatic carbocycles. The van der Waals surface area contributed by atoms with Crippen LogP contribution in [-0.4, -0.2) is 56.3 Å². The molecular formula is C25H32N2O5. The van der Waals surface area contributed by atoms with Crippen LogP contribution in [0.15, 0.2) is 48.5 Å². The summed E-state index contributed by atoms with van der Waals surface area (Å²) in [5, 5.41) is 2.75. The molecule has 7 heteroatoms. The van der Waals surface area contributed by atoms with Crippen LogP contribution in [0.25, 0.3) is 0 Å². The van der Waals surface area contributed by atoms with Crippen molar-refractivity contribution in [1.29, 1.82) is 0 Å². The van der Waals surface area contributed by atoms with Crippen LogP contribution >= 0.6 is 0 Å². The Bertz CT molecular complexity index is 859. The minimum Gasteiger partial charge on any atom is -0.494 e.